The Balaban J connectivity index is 2.95. The Kier molecular flexibility index (Phi) is 4.45. The summed E-state index contributed by atoms with van der Waals surface area (Å²) in [7, 11) is 1.65. The third kappa shape index (κ3) is 3.16. The van der Waals surface area contributed by atoms with Crippen molar-refractivity contribution in [3.05, 3.63) is 29.3 Å². The number of nitrogen functional groups attached to an aromatic ring is 1. The number of carboxylic acid groups (broad SMARTS) is 1. The van der Waals surface area contributed by atoms with Crippen molar-refractivity contribution in [3.63, 3.8) is 0 Å². The van der Waals surface area contributed by atoms with Gasteiger partial charge in [0, 0.05) is 17.8 Å². The second-order valence-electron chi connectivity index (χ2n) is 3.72. The molecule has 6 heteroatoms. The molecule has 17 heavy (non-hydrogen) atoms. The predicted molar refractivity (Wildman–Crippen MR) is 62.7 cm³/mol. The Morgan fingerprint density at radius 3 is 2.59 bits per heavy atom. The number of nitrogens with one attached hydrogen (secondary N) is 1. The third-order valence-corrected chi connectivity index (χ3v) is 2.43. The van der Waals surface area contributed by atoms with E-state index in [2.05, 4.69) is 5.32 Å². The maximum absolute atomic E-state index is 10.7. The van der Waals surface area contributed by atoms with E-state index >= 15 is 0 Å². The minimum Gasteiger partial charge on any atom is -0.478 e. The smallest absolute Gasteiger partial charge is 0.335 e. The van der Waals surface area contributed by atoms with Gasteiger partial charge in [-0.25, -0.2) is 4.79 Å². The number of aliphatic hydroxyl groups is 2. The van der Waals surface area contributed by atoms with Gasteiger partial charge in [0.2, 0.25) is 0 Å². The lowest BCUT2D eigenvalue weighted by atomic mass is 10.0. The minimum absolute atomic E-state index is 0.0431. The molecule has 1 aromatic carbocycles. The average molecular weight is 240 g/mol. The van der Waals surface area contributed by atoms with Crippen LogP contribution in [0.2, 0.25) is 0 Å². The molecular weight excluding hydrogens is 224 g/mol. The number of aliphatic hydroxyl groups excluding tert-OH is 2. The number of benzene rings is 1. The molecule has 0 bridgehead atoms. The van der Waals surface area contributed by atoms with Gasteiger partial charge in [0.05, 0.1) is 11.7 Å². The number of carbonyl (C=O) groups is 1. The molecule has 0 fully saturated rings. The van der Waals surface area contributed by atoms with Crippen LogP contribution in [-0.4, -0.2) is 41.0 Å². The SMILES string of the molecule is CNCC(O)C(O)c1ccc(C(=O)O)cc1N. The van der Waals surface area contributed by atoms with E-state index in [0.717, 1.165) is 0 Å². The predicted octanol–water partition coefficient (Wildman–Crippen LogP) is -0.419. The number of rotatable bonds is 5. The summed E-state index contributed by atoms with van der Waals surface area (Å²) in [4.78, 5) is 10.7. The quantitative estimate of drug-likeness (QED) is 0.446. The molecule has 0 aromatic heterocycles. The molecular formula is C11H16N2O4. The minimum atomic E-state index is -1.15. The Morgan fingerprint density at radius 2 is 2.12 bits per heavy atom. The lowest BCUT2D eigenvalue weighted by molar-refractivity contribution is 0.0206. The molecule has 1 rings (SSSR count). The molecule has 0 aliphatic rings. The lowest BCUT2D eigenvalue weighted by Gasteiger charge is -2.19. The summed E-state index contributed by atoms with van der Waals surface area (Å²) in [6.07, 6.45) is -2.15. The van der Waals surface area contributed by atoms with Crippen LogP contribution in [-0.2, 0) is 0 Å². The molecule has 6 nitrogen and oxygen atoms in total. The normalized spacial score (nSPS) is 14.3. The summed E-state index contributed by atoms with van der Waals surface area (Å²) in [6.45, 7) is 0.210. The molecule has 0 saturated heterocycles. The Hall–Kier alpha value is -1.63. The van der Waals surface area contributed by atoms with Crippen LogP contribution in [0.3, 0.4) is 0 Å². The van der Waals surface area contributed by atoms with Gasteiger partial charge in [-0.3, -0.25) is 0 Å². The van der Waals surface area contributed by atoms with E-state index in [1.165, 1.54) is 18.2 Å². The second kappa shape index (κ2) is 5.62. The fraction of sp³-hybridized carbons (Fsp3) is 0.364. The summed E-state index contributed by atoms with van der Waals surface area (Å²) < 4.78 is 0. The summed E-state index contributed by atoms with van der Waals surface area (Å²) in [6, 6.07) is 4.00. The van der Waals surface area contributed by atoms with Crippen molar-refractivity contribution in [1.29, 1.82) is 0 Å². The highest BCUT2D eigenvalue weighted by Gasteiger charge is 2.20. The van der Waals surface area contributed by atoms with Crippen LogP contribution in [0.15, 0.2) is 18.2 Å². The highest BCUT2D eigenvalue weighted by Crippen LogP contribution is 2.24. The zero-order valence-electron chi connectivity index (χ0n) is 9.42. The number of likely N-dealkylation sites (N-methyl/N-ethyl adjacent to an activating group) is 1. The molecule has 0 heterocycles. The van der Waals surface area contributed by atoms with E-state index in [1.807, 2.05) is 0 Å². The van der Waals surface area contributed by atoms with Gasteiger partial charge >= 0.3 is 5.97 Å². The number of anilines is 1. The monoisotopic (exact) mass is 240 g/mol. The highest BCUT2D eigenvalue weighted by molar-refractivity contribution is 5.89. The van der Waals surface area contributed by atoms with Crippen LogP contribution in [0.25, 0.3) is 0 Å². The van der Waals surface area contributed by atoms with Crippen molar-refractivity contribution < 1.29 is 20.1 Å². The Bertz CT molecular complexity index is 408. The van der Waals surface area contributed by atoms with Gasteiger partial charge in [0.15, 0.2) is 0 Å². The van der Waals surface area contributed by atoms with Crippen molar-refractivity contribution in [1.82, 2.24) is 5.32 Å². The first-order valence-corrected chi connectivity index (χ1v) is 5.10. The maximum atomic E-state index is 10.7. The average Bonchev–Trinajstić information content (AvgIpc) is 2.28. The lowest BCUT2D eigenvalue weighted by Crippen LogP contribution is -2.30. The summed E-state index contributed by atoms with van der Waals surface area (Å²) in [5, 5.41) is 30.9. The van der Waals surface area contributed by atoms with E-state index in [4.69, 9.17) is 10.8 Å². The zero-order valence-corrected chi connectivity index (χ0v) is 9.42. The Morgan fingerprint density at radius 1 is 1.47 bits per heavy atom. The molecule has 1 aromatic rings. The molecule has 0 amide bonds. The molecule has 6 N–H and O–H groups in total. The van der Waals surface area contributed by atoms with Gasteiger partial charge in [0.25, 0.3) is 0 Å². The molecule has 0 aliphatic carbocycles. The molecule has 0 spiro atoms. The molecule has 0 aliphatic heterocycles. The summed E-state index contributed by atoms with van der Waals surface area (Å²) in [5.41, 5.74) is 6.15. The van der Waals surface area contributed by atoms with Crippen molar-refractivity contribution >= 4 is 11.7 Å². The van der Waals surface area contributed by atoms with Gasteiger partial charge in [-0.2, -0.15) is 0 Å². The van der Waals surface area contributed by atoms with E-state index in [0.29, 0.717) is 5.56 Å². The molecule has 2 unspecified atom stereocenters. The van der Waals surface area contributed by atoms with Crippen LogP contribution in [0.4, 0.5) is 5.69 Å². The van der Waals surface area contributed by atoms with Gasteiger partial charge in [-0.1, -0.05) is 6.07 Å². The van der Waals surface area contributed by atoms with Crippen molar-refractivity contribution in [2.24, 2.45) is 0 Å². The van der Waals surface area contributed by atoms with Gasteiger partial charge in [-0.15, -0.1) is 0 Å². The number of nitrogens with two attached hydrogens (primary N) is 1. The van der Waals surface area contributed by atoms with Crippen LogP contribution in [0, 0.1) is 0 Å². The van der Waals surface area contributed by atoms with Crippen molar-refractivity contribution in [2.45, 2.75) is 12.2 Å². The third-order valence-electron chi connectivity index (χ3n) is 2.43. The van der Waals surface area contributed by atoms with Crippen molar-refractivity contribution in [3.8, 4) is 0 Å². The first kappa shape index (κ1) is 13.4. The van der Waals surface area contributed by atoms with E-state index in [-0.39, 0.29) is 17.8 Å². The molecule has 0 radical (unpaired) electrons. The highest BCUT2D eigenvalue weighted by atomic mass is 16.4. The Labute approximate surface area is 98.7 Å². The number of carboxylic acids is 1. The zero-order chi connectivity index (χ0) is 13.0. The fourth-order valence-corrected chi connectivity index (χ4v) is 1.51. The number of hydrogen-bond acceptors (Lipinski definition) is 5. The first-order valence-electron chi connectivity index (χ1n) is 5.10. The molecule has 94 valence electrons. The van der Waals surface area contributed by atoms with Gasteiger partial charge < -0.3 is 26.4 Å². The topological polar surface area (TPSA) is 116 Å². The van der Waals surface area contributed by atoms with Crippen LogP contribution >= 0.6 is 0 Å². The van der Waals surface area contributed by atoms with Crippen LogP contribution in [0.5, 0.6) is 0 Å². The largest absolute Gasteiger partial charge is 0.478 e. The van der Waals surface area contributed by atoms with E-state index < -0.39 is 18.2 Å². The van der Waals surface area contributed by atoms with Crippen LogP contribution < -0.4 is 11.1 Å². The molecule has 0 saturated carbocycles. The number of aromatic carboxylic acids is 1. The second-order valence-corrected chi connectivity index (χ2v) is 3.72. The number of hydrogen-bond donors (Lipinski definition) is 5. The van der Waals surface area contributed by atoms with Gasteiger partial charge in [0.1, 0.15) is 6.10 Å². The van der Waals surface area contributed by atoms with Gasteiger partial charge in [-0.05, 0) is 19.2 Å². The first-order chi connectivity index (χ1) is 7.97. The fourth-order valence-electron chi connectivity index (χ4n) is 1.51. The summed E-state index contributed by atoms with van der Waals surface area (Å²) in [5.74, 6) is -1.09. The van der Waals surface area contributed by atoms with E-state index in [9.17, 15) is 15.0 Å². The molecule has 2 atom stereocenters. The van der Waals surface area contributed by atoms with Crippen LogP contribution in [0.1, 0.15) is 22.0 Å². The summed E-state index contributed by atoms with van der Waals surface area (Å²) >= 11 is 0. The maximum Gasteiger partial charge on any atom is 0.335 e. The van der Waals surface area contributed by atoms with E-state index in [1.54, 1.807) is 7.05 Å². The van der Waals surface area contributed by atoms with Crippen molar-refractivity contribution in [2.75, 3.05) is 19.3 Å². The standard InChI is InChI=1S/C11H16N2O4/c1-13-5-9(14)10(15)7-3-2-6(11(16)17)4-8(7)12/h2-4,9-10,13-15H,5,12H2,1H3,(H,16,17).